The number of rotatable bonds is 8. The number of hydrogen-bond donors (Lipinski definition) is 1. The van der Waals surface area contributed by atoms with Crippen LogP contribution in [0.4, 0.5) is 0 Å². The molecule has 0 saturated heterocycles. The average molecular weight is 395 g/mol. The Kier molecular flexibility index (Phi) is 7.75. The van der Waals surface area contributed by atoms with Crippen LogP contribution in [-0.4, -0.2) is 25.3 Å². The SMILES string of the molecule is COc1cccc(/C(C)=N\NC(=O)CCCOc2ccc(Cl)cc2Cl)c1. The molecule has 0 heterocycles. The first kappa shape index (κ1) is 20.1. The number of halogens is 2. The Balaban J connectivity index is 1.76. The number of hydrogen-bond acceptors (Lipinski definition) is 4. The Morgan fingerprint density at radius 1 is 1.19 bits per heavy atom. The van der Waals surface area contributed by atoms with E-state index in [-0.39, 0.29) is 5.91 Å². The van der Waals surface area contributed by atoms with Gasteiger partial charge in [0, 0.05) is 17.0 Å². The van der Waals surface area contributed by atoms with Gasteiger partial charge in [0.25, 0.3) is 0 Å². The van der Waals surface area contributed by atoms with Gasteiger partial charge < -0.3 is 9.47 Å². The van der Waals surface area contributed by atoms with Gasteiger partial charge in [-0.1, -0.05) is 35.3 Å². The molecular formula is C19H20Cl2N2O3. The number of benzene rings is 2. The van der Waals surface area contributed by atoms with Crippen LogP contribution in [0.3, 0.4) is 0 Å². The van der Waals surface area contributed by atoms with Gasteiger partial charge in [-0.3, -0.25) is 4.79 Å². The standard InChI is InChI=1S/C19H20Cl2N2O3/c1-13(14-5-3-6-16(11-14)25-2)22-23-19(24)7-4-10-26-18-9-8-15(20)12-17(18)21/h3,5-6,8-9,11-12H,4,7,10H2,1-2H3,(H,23,24)/b22-13-. The fraction of sp³-hybridized carbons (Fsp3) is 0.263. The highest BCUT2D eigenvalue weighted by Gasteiger charge is 2.05. The molecule has 0 spiro atoms. The number of amides is 1. The highest BCUT2D eigenvalue weighted by Crippen LogP contribution is 2.27. The number of ether oxygens (including phenoxy) is 2. The van der Waals surface area contributed by atoms with Crippen LogP contribution < -0.4 is 14.9 Å². The van der Waals surface area contributed by atoms with E-state index >= 15 is 0 Å². The van der Waals surface area contributed by atoms with Crippen LogP contribution in [0.2, 0.25) is 10.0 Å². The van der Waals surface area contributed by atoms with E-state index < -0.39 is 0 Å². The molecule has 0 saturated carbocycles. The number of carbonyl (C=O) groups is 1. The first-order valence-electron chi connectivity index (χ1n) is 8.05. The maximum absolute atomic E-state index is 11.9. The summed E-state index contributed by atoms with van der Waals surface area (Å²) in [6.07, 6.45) is 0.832. The molecule has 2 aromatic rings. The fourth-order valence-electron chi connectivity index (χ4n) is 2.12. The van der Waals surface area contributed by atoms with E-state index in [9.17, 15) is 4.79 Å². The molecule has 0 unspecified atom stereocenters. The summed E-state index contributed by atoms with van der Waals surface area (Å²) in [5, 5.41) is 5.11. The van der Waals surface area contributed by atoms with Gasteiger partial charge in [0.15, 0.2) is 0 Å². The Hall–Kier alpha value is -2.24. The number of carbonyl (C=O) groups excluding carboxylic acids is 1. The average Bonchev–Trinajstić information content (AvgIpc) is 2.64. The lowest BCUT2D eigenvalue weighted by Gasteiger charge is -2.08. The van der Waals surface area contributed by atoms with Crippen molar-refractivity contribution >= 4 is 34.8 Å². The van der Waals surface area contributed by atoms with E-state index in [4.69, 9.17) is 32.7 Å². The predicted molar refractivity (Wildman–Crippen MR) is 105 cm³/mol. The normalized spacial score (nSPS) is 11.2. The van der Waals surface area contributed by atoms with Crippen LogP contribution in [0.25, 0.3) is 0 Å². The van der Waals surface area contributed by atoms with E-state index in [2.05, 4.69) is 10.5 Å². The van der Waals surface area contributed by atoms with Crippen LogP contribution in [-0.2, 0) is 4.79 Å². The minimum Gasteiger partial charge on any atom is -0.497 e. The molecule has 5 nitrogen and oxygen atoms in total. The lowest BCUT2D eigenvalue weighted by atomic mass is 10.1. The molecule has 2 aromatic carbocycles. The van der Waals surface area contributed by atoms with Crippen molar-refractivity contribution in [3.05, 3.63) is 58.1 Å². The predicted octanol–water partition coefficient (Wildman–Crippen LogP) is 4.70. The van der Waals surface area contributed by atoms with Crippen LogP contribution in [0.15, 0.2) is 47.6 Å². The maximum Gasteiger partial charge on any atom is 0.240 e. The summed E-state index contributed by atoms with van der Waals surface area (Å²) in [5.41, 5.74) is 4.12. The number of methoxy groups -OCH3 is 1. The van der Waals surface area contributed by atoms with Crippen molar-refractivity contribution in [3.63, 3.8) is 0 Å². The summed E-state index contributed by atoms with van der Waals surface area (Å²) in [5.74, 6) is 1.10. The Labute approximate surface area is 162 Å². The van der Waals surface area contributed by atoms with Crippen molar-refractivity contribution in [3.8, 4) is 11.5 Å². The molecule has 0 aliphatic carbocycles. The van der Waals surface area contributed by atoms with Gasteiger partial charge in [0.1, 0.15) is 11.5 Å². The van der Waals surface area contributed by atoms with Crippen molar-refractivity contribution in [2.24, 2.45) is 5.10 Å². The molecule has 7 heteroatoms. The summed E-state index contributed by atoms with van der Waals surface area (Å²) in [6, 6.07) is 12.5. The zero-order valence-electron chi connectivity index (χ0n) is 14.6. The Morgan fingerprint density at radius 2 is 2.00 bits per heavy atom. The first-order chi connectivity index (χ1) is 12.5. The molecule has 0 bridgehead atoms. The molecule has 138 valence electrons. The highest BCUT2D eigenvalue weighted by atomic mass is 35.5. The molecule has 0 aliphatic heterocycles. The van der Waals surface area contributed by atoms with Crippen molar-refractivity contribution in [1.29, 1.82) is 0 Å². The van der Waals surface area contributed by atoms with Gasteiger partial charge in [0.2, 0.25) is 5.91 Å². The molecule has 0 radical (unpaired) electrons. The summed E-state index contributed by atoms with van der Waals surface area (Å²) < 4.78 is 10.7. The van der Waals surface area contributed by atoms with Gasteiger partial charge in [-0.05, 0) is 43.7 Å². The molecule has 1 amide bonds. The quantitative estimate of drug-likeness (QED) is 0.400. The van der Waals surface area contributed by atoms with E-state index in [0.717, 1.165) is 11.3 Å². The monoisotopic (exact) mass is 394 g/mol. The van der Waals surface area contributed by atoms with Gasteiger partial charge >= 0.3 is 0 Å². The molecule has 26 heavy (non-hydrogen) atoms. The zero-order chi connectivity index (χ0) is 18.9. The summed E-state index contributed by atoms with van der Waals surface area (Å²) in [7, 11) is 1.60. The van der Waals surface area contributed by atoms with Crippen molar-refractivity contribution < 1.29 is 14.3 Å². The van der Waals surface area contributed by atoms with Crippen molar-refractivity contribution in [2.45, 2.75) is 19.8 Å². The zero-order valence-corrected chi connectivity index (χ0v) is 16.1. The minimum atomic E-state index is -0.182. The minimum absolute atomic E-state index is 0.182. The van der Waals surface area contributed by atoms with E-state index in [1.807, 2.05) is 31.2 Å². The van der Waals surface area contributed by atoms with E-state index in [0.29, 0.717) is 41.0 Å². The van der Waals surface area contributed by atoms with Crippen LogP contribution in [0, 0.1) is 0 Å². The smallest absolute Gasteiger partial charge is 0.240 e. The largest absolute Gasteiger partial charge is 0.497 e. The van der Waals surface area contributed by atoms with Gasteiger partial charge in [-0.25, -0.2) is 5.43 Å². The third-order valence-corrected chi connectivity index (χ3v) is 4.07. The Bertz CT molecular complexity index is 794. The highest BCUT2D eigenvalue weighted by molar-refractivity contribution is 6.35. The number of nitrogens with zero attached hydrogens (tertiary/aromatic N) is 1. The molecule has 0 fully saturated rings. The van der Waals surface area contributed by atoms with Crippen LogP contribution in [0.5, 0.6) is 11.5 Å². The molecule has 0 aliphatic rings. The van der Waals surface area contributed by atoms with Crippen LogP contribution >= 0.6 is 23.2 Å². The lowest BCUT2D eigenvalue weighted by molar-refractivity contribution is -0.121. The second-order valence-electron chi connectivity index (χ2n) is 5.49. The first-order valence-corrected chi connectivity index (χ1v) is 8.80. The summed E-state index contributed by atoms with van der Waals surface area (Å²) >= 11 is 11.8. The topological polar surface area (TPSA) is 59.9 Å². The second-order valence-corrected chi connectivity index (χ2v) is 6.33. The number of hydrazone groups is 1. The van der Waals surface area contributed by atoms with Gasteiger partial charge in [-0.15, -0.1) is 0 Å². The number of nitrogens with one attached hydrogen (secondary N) is 1. The molecule has 0 atom stereocenters. The van der Waals surface area contributed by atoms with Gasteiger partial charge in [0.05, 0.1) is 24.5 Å². The third-order valence-electron chi connectivity index (χ3n) is 3.54. The maximum atomic E-state index is 11.9. The molecular weight excluding hydrogens is 375 g/mol. The van der Waals surface area contributed by atoms with Crippen molar-refractivity contribution in [1.82, 2.24) is 5.43 Å². The molecule has 2 rings (SSSR count). The van der Waals surface area contributed by atoms with E-state index in [1.54, 1.807) is 25.3 Å². The third kappa shape index (κ3) is 6.24. The van der Waals surface area contributed by atoms with Gasteiger partial charge in [-0.2, -0.15) is 5.10 Å². The summed E-state index contributed by atoms with van der Waals surface area (Å²) in [4.78, 5) is 11.9. The lowest BCUT2D eigenvalue weighted by Crippen LogP contribution is -2.19. The molecule has 1 N–H and O–H groups in total. The van der Waals surface area contributed by atoms with Crippen LogP contribution in [0.1, 0.15) is 25.3 Å². The van der Waals surface area contributed by atoms with Crippen molar-refractivity contribution in [2.75, 3.05) is 13.7 Å². The molecule has 0 aromatic heterocycles. The Morgan fingerprint density at radius 3 is 2.73 bits per heavy atom. The summed E-state index contributed by atoms with van der Waals surface area (Å²) in [6.45, 7) is 2.19. The fourth-order valence-corrected chi connectivity index (χ4v) is 2.58. The van der Waals surface area contributed by atoms with E-state index in [1.165, 1.54) is 0 Å². The second kappa shape index (κ2) is 10.0.